The fraction of sp³-hybridized carbons (Fsp3) is 0.879. The lowest BCUT2D eigenvalue weighted by molar-refractivity contribution is -0.310. The monoisotopic (exact) mass is 790 g/mol. The van der Waals surface area contributed by atoms with E-state index in [1.165, 1.54) is 13.8 Å². The Labute approximate surface area is 312 Å². The predicted molar refractivity (Wildman–Crippen MR) is 177 cm³/mol. The molecule has 0 saturated carbocycles. The quantitative estimate of drug-likeness (QED) is 0.0421. The minimum Gasteiger partial charge on any atom is -0.458 e. The first-order valence-electron chi connectivity index (χ1n) is 17.7. The maximum atomic E-state index is 11.8. The molecule has 2 aliphatic rings. The molecule has 2 heterocycles. The normalized spacial score (nSPS) is 30.4. The van der Waals surface area contributed by atoms with Crippen LogP contribution in [0.5, 0.6) is 0 Å². The van der Waals surface area contributed by atoms with E-state index >= 15 is 0 Å². The van der Waals surface area contributed by atoms with Gasteiger partial charge in [-0.05, 0) is 0 Å². The first kappa shape index (κ1) is 49.4. The molecule has 21 nitrogen and oxygen atoms in total. The van der Waals surface area contributed by atoms with Crippen LogP contribution in [-0.4, -0.2) is 189 Å². The third kappa shape index (κ3) is 15.1. The van der Waals surface area contributed by atoms with Gasteiger partial charge in [-0.15, -0.1) is 0 Å². The summed E-state index contributed by atoms with van der Waals surface area (Å²) in [6.07, 6.45) is -16.5. The number of aliphatic hydroxyl groups is 9. The smallest absolute Gasteiger partial charge is 0.306 e. The van der Waals surface area contributed by atoms with Gasteiger partial charge in [-0.25, -0.2) is 0 Å². The zero-order valence-corrected chi connectivity index (χ0v) is 31.1. The van der Waals surface area contributed by atoms with Crippen LogP contribution in [0.25, 0.3) is 0 Å². The van der Waals surface area contributed by atoms with E-state index in [1.807, 2.05) is 0 Å². The molecule has 0 amide bonds. The highest BCUT2D eigenvalue weighted by Crippen LogP contribution is 2.32. The molecule has 2 aliphatic heterocycles. The van der Waals surface area contributed by atoms with Gasteiger partial charge in [-0.1, -0.05) is 34.6 Å². The largest absolute Gasteiger partial charge is 0.458 e. The summed E-state index contributed by atoms with van der Waals surface area (Å²) in [5.41, 5.74) is 0. The highest BCUT2D eigenvalue weighted by molar-refractivity contribution is 5.71. The molecule has 0 aromatic heterocycles. The van der Waals surface area contributed by atoms with Crippen LogP contribution in [0.1, 0.15) is 60.3 Å². The van der Waals surface area contributed by atoms with E-state index in [4.69, 9.17) is 48.1 Å². The Hall–Kier alpha value is -2.64. The molecule has 316 valence electrons. The molecular formula is C33H58O21. The van der Waals surface area contributed by atoms with Gasteiger partial charge in [0.25, 0.3) is 0 Å². The zero-order chi connectivity index (χ0) is 41.1. The van der Waals surface area contributed by atoms with E-state index in [1.54, 1.807) is 20.8 Å². The Morgan fingerprint density at radius 3 is 1.22 bits per heavy atom. The van der Waals surface area contributed by atoms with Crippen molar-refractivity contribution in [2.75, 3.05) is 39.6 Å². The van der Waals surface area contributed by atoms with Gasteiger partial charge in [0.1, 0.15) is 42.7 Å². The maximum Gasteiger partial charge on any atom is 0.306 e. The van der Waals surface area contributed by atoms with Crippen LogP contribution in [0.3, 0.4) is 0 Å². The lowest BCUT2D eigenvalue weighted by Crippen LogP contribution is -2.62. The van der Waals surface area contributed by atoms with Crippen molar-refractivity contribution in [3.63, 3.8) is 0 Å². The van der Waals surface area contributed by atoms with Crippen molar-refractivity contribution in [3.8, 4) is 0 Å². The number of ether oxygens (including phenoxy) is 8. The first-order valence-corrected chi connectivity index (χ1v) is 17.7. The molecule has 0 aromatic rings. The molecular weight excluding hydrogens is 732 g/mol. The summed E-state index contributed by atoms with van der Waals surface area (Å²) in [7, 11) is 0. The molecule has 54 heavy (non-hydrogen) atoms. The molecule has 21 heteroatoms. The van der Waals surface area contributed by atoms with Crippen molar-refractivity contribution in [3.05, 3.63) is 0 Å². The van der Waals surface area contributed by atoms with Crippen molar-refractivity contribution in [1.82, 2.24) is 0 Å². The van der Waals surface area contributed by atoms with E-state index in [2.05, 4.69) is 0 Å². The van der Waals surface area contributed by atoms with Crippen LogP contribution >= 0.6 is 0 Å². The molecule has 0 aromatic carbocycles. The highest BCUT2D eigenvalue weighted by atomic mass is 16.7. The Kier molecular flexibility index (Phi) is 23.3. The molecule has 2 fully saturated rings. The van der Waals surface area contributed by atoms with Gasteiger partial charge in [0.15, 0.2) is 30.9 Å². The Morgan fingerprint density at radius 1 is 0.537 bits per heavy atom. The number of aliphatic hydroxyl groups excluding tert-OH is 9. The topological polar surface area (TPSA) is 324 Å². The molecule has 4 unspecified atom stereocenters. The molecule has 0 spiro atoms. The second-order valence-electron chi connectivity index (χ2n) is 12.3. The number of esters is 4. The van der Waals surface area contributed by atoms with Crippen molar-refractivity contribution in [2.24, 2.45) is 5.92 Å². The molecule has 14 atom stereocenters. The van der Waals surface area contributed by atoms with Gasteiger partial charge < -0.3 is 83.9 Å². The van der Waals surface area contributed by atoms with Gasteiger partial charge in [0, 0.05) is 31.6 Å². The van der Waals surface area contributed by atoms with E-state index in [0.29, 0.717) is 0 Å². The van der Waals surface area contributed by atoms with Crippen molar-refractivity contribution < 1.29 is 103 Å². The molecule has 0 bridgehead atoms. The predicted octanol–water partition coefficient (Wildman–Crippen LogP) is -3.85. The van der Waals surface area contributed by atoms with Gasteiger partial charge >= 0.3 is 23.9 Å². The average molecular weight is 791 g/mol. The second-order valence-corrected chi connectivity index (χ2v) is 12.3. The minimum absolute atomic E-state index is 0.00472. The van der Waals surface area contributed by atoms with Crippen LogP contribution < -0.4 is 0 Å². The third-order valence-electron chi connectivity index (χ3n) is 8.33. The Bertz CT molecular complexity index is 1030. The van der Waals surface area contributed by atoms with E-state index in [9.17, 15) is 54.9 Å². The number of rotatable bonds is 20. The second kappa shape index (κ2) is 25.5. The summed E-state index contributed by atoms with van der Waals surface area (Å²) in [6.45, 7) is 4.59. The van der Waals surface area contributed by atoms with Gasteiger partial charge in [0.2, 0.25) is 0 Å². The van der Waals surface area contributed by atoms with Gasteiger partial charge in [0.05, 0.1) is 45.7 Å². The summed E-state index contributed by atoms with van der Waals surface area (Å²) in [5, 5.41) is 85.3. The van der Waals surface area contributed by atoms with E-state index in [0.717, 1.165) is 0 Å². The Balaban J connectivity index is 0.000000540. The number of carbonyl (C=O) groups is 4. The van der Waals surface area contributed by atoms with Crippen LogP contribution in [0.2, 0.25) is 0 Å². The summed E-state index contributed by atoms with van der Waals surface area (Å²) in [5.74, 6) is -2.93. The standard InChI is InChI=1S/C17H30O10.C16H28O11/c1-4-13(22)26-15-9(3)12(7-19)25-17(16(15)27-14(23)5-2)24-8-11(21)10(20)6-18;1-3-11(21)26-14-13(23)10(6-18)25-16(15(14)27-12(22)4-2)24-7-9(20)8(19)5-17/h9-12,15-21H,4-8H2,1-3H3;8-10,13-20,23H,3-7H2,1-2H3/t9-,10+,11-,12?,15+,16?,17-;8-,9+,10?,13+,14-,15?,16+/m10/s1. The zero-order valence-electron chi connectivity index (χ0n) is 31.1. The van der Waals surface area contributed by atoms with Crippen molar-refractivity contribution >= 4 is 23.9 Å². The molecule has 0 aliphatic carbocycles. The molecule has 9 N–H and O–H groups in total. The average Bonchev–Trinajstić information content (AvgIpc) is 3.18. The number of hydrogen-bond donors (Lipinski definition) is 9. The van der Waals surface area contributed by atoms with E-state index in [-0.39, 0.29) is 25.7 Å². The van der Waals surface area contributed by atoms with Crippen molar-refractivity contribution in [1.29, 1.82) is 0 Å². The number of hydrogen-bond acceptors (Lipinski definition) is 21. The third-order valence-corrected chi connectivity index (χ3v) is 8.33. The summed E-state index contributed by atoms with van der Waals surface area (Å²) < 4.78 is 42.8. The summed E-state index contributed by atoms with van der Waals surface area (Å²) in [4.78, 5) is 47.1. The SMILES string of the molecule is CCC(=O)OC1[C@H](OC[C@@H](O)[C@@H](O)CO)OC(CO)[C@@H](C)[C@@H]1OC(=O)CC.CCC(=O)OC1[C@H](OC[C@@H](O)[C@@H](O)CO)OC(CO)[C@@H](O)[C@@H]1OC(=O)CC. The molecule has 2 rings (SSSR count). The maximum absolute atomic E-state index is 11.8. The van der Waals surface area contributed by atoms with Crippen molar-refractivity contribution in [2.45, 2.75) is 140 Å². The molecule has 2 saturated heterocycles. The van der Waals surface area contributed by atoms with Gasteiger partial charge in [-0.2, -0.15) is 0 Å². The Morgan fingerprint density at radius 2 is 0.870 bits per heavy atom. The summed E-state index contributed by atoms with van der Waals surface area (Å²) >= 11 is 0. The number of carbonyl (C=O) groups excluding carboxylic acids is 4. The van der Waals surface area contributed by atoms with Crippen LogP contribution in [0.15, 0.2) is 0 Å². The van der Waals surface area contributed by atoms with Gasteiger partial charge in [-0.3, -0.25) is 19.2 Å². The molecule has 0 radical (unpaired) electrons. The minimum atomic E-state index is -1.49. The summed E-state index contributed by atoms with van der Waals surface area (Å²) in [6, 6.07) is 0. The highest BCUT2D eigenvalue weighted by Gasteiger charge is 2.51. The fourth-order valence-corrected chi connectivity index (χ4v) is 4.91. The fourth-order valence-electron chi connectivity index (χ4n) is 4.91. The lowest BCUT2D eigenvalue weighted by atomic mass is 9.90. The van der Waals surface area contributed by atoms with Crippen LogP contribution in [0, 0.1) is 5.92 Å². The lowest BCUT2D eigenvalue weighted by Gasteiger charge is -2.44. The van der Waals surface area contributed by atoms with Crippen LogP contribution in [0.4, 0.5) is 0 Å². The first-order chi connectivity index (χ1) is 25.6. The van der Waals surface area contributed by atoms with E-state index < -0.39 is 149 Å². The van der Waals surface area contributed by atoms with Crippen LogP contribution in [-0.2, 0) is 57.1 Å².